The van der Waals surface area contributed by atoms with Crippen molar-refractivity contribution in [1.29, 1.82) is 0 Å². The number of rotatable bonds is 8. The third kappa shape index (κ3) is 5.07. The summed E-state index contributed by atoms with van der Waals surface area (Å²) in [4.78, 5) is 23.5. The summed E-state index contributed by atoms with van der Waals surface area (Å²) >= 11 is 0. The predicted molar refractivity (Wildman–Crippen MR) is 107 cm³/mol. The second kappa shape index (κ2) is 9.14. The quantitative estimate of drug-likeness (QED) is 0.436. The number of esters is 1. The Hall–Kier alpha value is -3.48. The lowest BCUT2D eigenvalue weighted by Crippen LogP contribution is -2.06. The van der Waals surface area contributed by atoms with Crippen molar-refractivity contribution in [2.45, 2.75) is 26.2 Å². The number of hydrogen-bond donors (Lipinski definition) is 2. The Labute approximate surface area is 167 Å². The molecule has 0 saturated heterocycles. The highest BCUT2D eigenvalue weighted by atomic mass is 16.5. The van der Waals surface area contributed by atoms with Crippen LogP contribution in [0, 0.1) is 0 Å². The molecule has 1 heterocycles. The lowest BCUT2D eigenvalue weighted by atomic mass is 10.0. The molecule has 0 spiro atoms. The Morgan fingerprint density at radius 1 is 1.03 bits per heavy atom. The molecule has 29 heavy (non-hydrogen) atoms. The van der Waals surface area contributed by atoms with Crippen LogP contribution in [0.5, 0.6) is 17.2 Å². The predicted octanol–water partition coefficient (Wildman–Crippen LogP) is 3.98. The molecule has 2 N–H and O–H groups in total. The first kappa shape index (κ1) is 20.3. The van der Waals surface area contributed by atoms with Crippen molar-refractivity contribution in [1.82, 2.24) is 0 Å². The highest BCUT2D eigenvalue weighted by Crippen LogP contribution is 2.30. The van der Waals surface area contributed by atoms with E-state index in [1.54, 1.807) is 18.2 Å². The van der Waals surface area contributed by atoms with Crippen molar-refractivity contribution in [3.05, 3.63) is 52.9 Å². The molecule has 0 aliphatic rings. The van der Waals surface area contributed by atoms with Crippen molar-refractivity contribution < 1.29 is 28.9 Å². The van der Waals surface area contributed by atoms with Crippen LogP contribution >= 0.6 is 0 Å². The SMILES string of the molecule is CC(=O)OCCCCCOc1cc(O)c2c(=O)c(-c3ccc(O)cc3)coc2c1. The number of unbranched alkanes of at least 4 members (excludes halogenated alkanes) is 2. The van der Waals surface area contributed by atoms with Crippen LogP contribution in [0.15, 0.2) is 51.9 Å². The second-order valence-corrected chi connectivity index (χ2v) is 6.59. The Balaban J connectivity index is 1.70. The average molecular weight is 398 g/mol. The molecule has 0 amide bonds. The first-order valence-electron chi connectivity index (χ1n) is 9.30. The van der Waals surface area contributed by atoms with Gasteiger partial charge in [0.25, 0.3) is 0 Å². The van der Waals surface area contributed by atoms with Gasteiger partial charge in [0.2, 0.25) is 5.43 Å². The molecule has 0 saturated carbocycles. The molecule has 3 rings (SSSR count). The van der Waals surface area contributed by atoms with Crippen molar-refractivity contribution in [3.63, 3.8) is 0 Å². The summed E-state index contributed by atoms with van der Waals surface area (Å²) < 4.78 is 16.1. The molecule has 0 fully saturated rings. The fourth-order valence-corrected chi connectivity index (χ4v) is 2.92. The van der Waals surface area contributed by atoms with Crippen LogP contribution in [0.25, 0.3) is 22.1 Å². The van der Waals surface area contributed by atoms with Gasteiger partial charge in [-0.1, -0.05) is 12.1 Å². The van der Waals surface area contributed by atoms with Crippen molar-refractivity contribution in [2.75, 3.05) is 13.2 Å². The van der Waals surface area contributed by atoms with Gasteiger partial charge in [-0.25, -0.2) is 0 Å². The number of aromatic hydroxyl groups is 2. The van der Waals surface area contributed by atoms with Gasteiger partial charge in [-0.2, -0.15) is 0 Å². The van der Waals surface area contributed by atoms with E-state index in [2.05, 4.69) is 0 Å². The highest BCUT2D eigenvalue weighted by Gasteiger charge is 2.14. The van der Waals surface area contributed by atoms with E-state index in [4.69, 9.17) is 13.9 Å². The summed E-state index contributed by atoms with van der Waals surface area (Å²) in [5, 5.41) is 19.8. The van der Waals surface area contributed by atoms with E-state index in [-0.39, 0.29) is 39.4 Å². The molecule has 0 aliphatic carbocycles. The van der Waals surface area contributed by atoms with E-state index in [9.17, 15) is 19.8 Å². The van der Waals surface area contributed by atoms with Gasteiger partial charge < -0.3 is 24.1 Å². The number of benzene rings is 2. The smallest absolute Gasteiger partial charge is 0.302 e. The third-order valence-electron chi connectivity index (χ3n) is 4.37. The van der Waals surface area contributed by atoms with Crippen molar-refractivity contribution in [2.24, 2.45) is 0 Å². The maximum Gasteiger partial charge on any atom is 0.302 e. The number of ether oxygens (including phenoxy) is 2. The maximum absolute atomic E-state index is 12.8. The highest BCUT2D eigenvalue weighted by molar-refractivity contribution is 5.88. The van der Waals surface area contributed by atoms with Gasteiger partial charge in [-0.3, -0.25) is 9.59 Å². The third-order valence-corrected chi connectivity index (χ3v) is 4.37. The van der Waals surface area contributed by atoms with E-state index < -0.39 is 0 Å². The van der Waals surface area contributed by atoms with Crippen LogP contribution in [-0.4, -0.2) is 29.4 Å². The van der Waals surface area contributed by atoms with E-state index >= 15 is 0 Å². The molecule has 1 aromatic heterocycles. The minimum atomic E-state index is -0.369. The Bertz CT molecular complexity index is 1050. The zero-order valence-corrected chi connectivity index (χ0v) is 16.0. The number of carbonyl (C=O) groups is 1. The van der Waals surface area contributed by atoms with Crippen LogP contribution in [0.1, 0.15) is 26.2 Å². The fourth-order valence-electron chi connectivity index (χ4n) is 2.92. The van der Waals surface area contributed by atoms with Gasteiger partial charge in [0.1, 0.15) is 34.5 Å². The summed E-state index contributed by atoms with van der Waals surface area (Å²) in [6.07, 6.45) is 3.66. The first-order valence-corrected chi connectivity index (χ1v) is 9.30. The molecule has 0 atom stereocenters. The van der Waals surface area contributed by atoms with Gasteiger partial charge in [0.05, 0.1) is 18.8 Å². The number of hydrogen-bond acceptors (Lipinski definition) is 7. The molecule has 2 aromatic carbocycles. The normalized spacial score (nSPS) is 10.8. The van der Waals surface area contributed by atoms with Gasteiger partial charge in [0.15, 0.2) is 0 Å². The first-order chi connectivity index (χ1) is 14.0. The summed E-state index contributed by atoms with van der Waals surface area (Å²) in [5.41, 5.74) is 0.718. The number of carbonyl (C=O) groups excluding carboxylic acids is 1. The summed E-state index contributed by atoms with van der Waals surface area (Å²) in [6, 6.07) is 9.10. The molecule has 0 aliphatic heterocycles. The van der Waals surface area contributed by atoms with E-state index in [0.717, 1.165) is 19.3 Å². The van der Waals surface area contributed by atoms with Crippen LogP contribution < -0.4 is 10.2 Å². The minimum Gasteiger partial charge on any atom is -0.508 e. The van der Waals surface area contributed by atoms with Crippen molar-refractivity contribution >= 4 is 16.9 Å². The lowest BCUT2D eigenvalue weighted by molar-refractivity contribution is -0.141. The molecule has 3 aromatic rings. The molecular weight excluding hydrogens is 376 g/mol. The van der Waals surface area contributed by atoms with Gasteiger partial charge in [-0.05, 0) is 37.0 Å². The number of phenols is 2. The summed E-state index contributed by atoms with van der Waals surface area (Å²) in [7, 11) is 0. The molecule has 0 radical (unpaired) electrons. The number of fused-ring (bicyclic) bond motifs is 1. The zero-order valence-electron chi connectivity index (χ0n) is 16.0. The minimum absolute atomic E-state index is 0.0734. The summed E-state index contributed by atoms with van der Waals surface area (Å²) in [6.45, 7) is 2.18. The number of phenolic OH excluding ortho intramolecular Hbond substituents is 2. The fraction of sp³-hybridized carbons (Fsp3) is 0.273. The molecule has 0 bridgehead atoms. The van der Waals surface area contributed by atoms with Gasteiger partial charge in [-0.15, -0.1) is 0 Å². The average Bonchev–Trinajstić information content (AvgIpc) is 2.68. The molecule has 7 heteroatoms. The molecule has 0 unspecified atom stereocenters. The van der Waals surface area contributed by atoms with E-state index in [0.29, 0.717) is 24.5 Å². The molecular formula is C22H22O7. The van der Waals surface area contributed by atoms with E-state index in [1.807, 2.05) is 0 Å². The Morgan fingerprint density at radius 3 is 2.48 bits per heavy atom. The Kier molecular flexibility index (Phi) is 6.39. The van der Waals surface area contributed by atoms with Crippen LogP contribution in [-0.2, 0) is 9.53 Å². The monoisotopic (exact) mass is 398 g/mol. The van der Waals surface area contributed by atoms with E-state index in [1.165, 1.54) is 31.4 Å². The van der Waals surface area contributed by atoms with Crippen LogP contribution in [0.4, 0.5) is 0 Å². The lowest BCUT2D eigenvalue weighted by Gasteiger charge is -2.09. The van der Waals surface area contributed by atoms with Crippen LogP contribution in [0.2, 0.25) is 0 Å². The van der Waals surface area contributed by atoms with Crippen molar-refractivity contribution in [3.8, 4) is 28.4 Å². The molecule has 152 valence electrons. The standard InChI is InChI=1S/C22H22O7/c1-14(23)27-9-3-2-4-10-28-17-11-19(25)21-20(12-17)29-13-18(22(21)26)15-5-7-16(24)8-6-15/h5-8,11-13,24-25H,2-4,9-10H2,1H3. The summed E-state index contributed by atoms with van der Waals surface area (Å²) in [5.74, 6) is -0.0184. The topological polar surface area (TPSA) is 106 Å². The molecule has 7 nitrogen and oxygen atoms in total. The van der Waals surface area contributed by atoms with Crippen LogP contribution in [0.3, 0.4) is 0 Å². The maximum atomic E-state index is 12.8. The van der Waals surface area contributed by atoms with Gasteiger partial charge >= 0.3 is 5.97 Å². The zero-order chi connectivity index (χ0) is 20.8. The Morgan fingerprint density at radius 2 is 1.76 bits per heavy atom. The largest absolute Gasteiger partial charge is 0.508 e. The second-order valence-electron chi connectivity index (χ2n) is 6.59. The van der Waals surface area contributed by atoms with Gasteiger partial charge in [0, 0.05) is 19.1 Å².